The highest BCUT2D eigenvalue weighted by atomic mass is 79.9. The number of carbonyl (C=O) groups is 1. The van der Waals surface area contributed by atoms with Crippen molar-refractivity contribution in [2.75, 3.05) is 14.2 Å². The van der Waals surface area contributed by atoms with Gasteiger partial charge in [-0.25, -0.2) is 5.43 Å². The number of nitrogens with zero attached hydrogens (tertiary/aromatic N) is 1. The van der Waals surface area contributed by atoms with Gasteiger partial charge >= 0.3 is 0 Å². The highest BCUT2D eigenvalue weighted by Crippen LogP contribution is 2.34. The lowest BCUT2D eigenvalue weighted by Crippen LogP contribution is -2.17. The molecule has 1 amide bonds. The molecule has 0 bridgehead atoms. The lowest BCUT2D eigenvalue weighted by molar-refractivity contribution is 0.0954. The normalized spacial score (nSPS) is 10.8. The molecule has 0 aliphatic carbocycles. The van der Waals surface area contributed by atoms with Crippen molar-refractivity contribution in [2.24, 2.45) is 5.10 Å². The molecule has 0 heterocycles. The Labute approximate surface area is 204 Å². The summed E-state index contributed by atoms with van der Waals surface area (Å²) in [5.74, 6) is 0.942. The van der Waals surface area contributed by atoms with Crippen LogP contribution >= 0.6 is 39.1 Å². The topological polar surface area (TPSA) is 69.2 Å². The van der Waals surface area contributed by atoms with Crippen molar-refractivity contribution in [3.8, 4) is 17.2 Å². The predicted molar refractivity (Wildman–Crippen MR) is 130 cm³/mol. The van der Waals surface area contributed by atoms with E-state index in [1.807, 2.05) is 24.3 Å². The Morgan fingerprint density at radius 1 is 1.00 bits per heavy atom. The SMILES string of the molecule is COc1ccc(C(=O)N/N=C/c2cc(Cl)c(OCc3ccc(Br)cc3)c(Cl)c2)cc1OC. The smallest absolute Gasteiger partial charge is 0.271 e. The molecule has 0 aliphatic heterocycles. The summed E-state index contributed by atoms with van der Waals surface area (Å²) in [5.41, 5.74) is 4.40. The van der Waals surface area contributed by atoms with E-state index < -0.39 is 5.91 Å². The highest BCUT2D eigenvalue weighted by Gasteiger charge is 2.11. The van der Waals surface area contributed by atoms with Gasteiger partial charge in [0.15, 0.2) is 17.2 Å². The third kappa shape index (κ3) is 6.16. The molecule has 3 aromatic carbocycles. The minimum absolute atomic E-state index is 0.321. The Kier molecular flexibility index (Phi) is 8.39. The second kappa shape index (κ2) is 11.2. The number of hydrazone groups is 1. The molecule has 0 aromatic heterocycles. The number of halogens is 3. The molecule has 0 spiro atoms. The van der Waals surface area contributed by atoms with Gasteiger partial charge in [-0.3, -0.25) is 4.79 Å². The van der Waals surface area contributed by atoms with Gasteiger partial charge in [-0.2, -0.15) is 5.10 Å². The number of hydrogen-bond donors (Lipinski definition) is 1. The number of nitrogens with one attached hydrogen (secondary N) is 1. The molecule has 0 radical (unpaired) electrons. The molecule has 3 rings (SSSR count). The Balaban J connectivity index is 1.64. The van der Waals surface area contributed by atoms with Gasteiger partial charge in [-0.1, -0.05) is 51.3 Å². The largest absolute Gasteiger partial charge is 0.493 e. The molecule has 0 atom stereocenters. The number of methoxy groups -OCH3 is 2. The zero-order chi connectivity index (χ0) is 23.1. The molecular formula is C23H19BrCl2N2O4. The van der Waals surface area contributed by atoms with Crippen molar-refractivity contribution in [2.45, 2.75) is 6.61 Å². The molecule has 3 aromatic rings. The van der Waals surface area contributed by atoms with Crippen molar-refractivity contribution in [1.82, 2.24) is 5.43 Å². The van der Waals surface area contributed by atoms with Gasteiger partial charge in [0.25, 0.3) is 5.91 Å². The van der Waals surface area contributed by atoms with E-state index in [9.17, 15) is 4.79 Å². The van der Waals surface area contributed by atoms with Crippen LogP contribution in [0.4, 0.5) is 0 Å². The van der Waals surface area contributed by atoms with Crippen LogP contribution in [0.2, 0.25) is 10.0 Å². The first kappa shape index (κ1) is 23.9. The van der Waals surface area contributed by atoms with E-state index in [4.69, 9.17) is 37.4 Å². The van der Waals surface area contributed by atoms with E-state index in [1.165, 1.54) is 20.4 Å². The third-order valence-electron chi connectivity index (χ3n) is 4.34. The van der Waals surface area contributed by atoms with Crippen molar-refractivity contribution in [3.05, 3.63) is 85.8 Å². The summed E-state index contributed by atoms with van der Waals surface area (Å²) in [6.45, 7) is 0.321. The summed E-state index contributed by atoms with van der Waals surface area (Å²) in [6.07, 6.45) is 1.44. The number of hydrogen-bond acceptors (Lipinski definition) is 5. The number of rotatable bonds is 8. The van der Waals surface area contributed by atoms with E-state index in [0.29, 0.717) is 45.0 Å². The molecule has 0 aliphatic rings. The van der Waals surface area contributed by atoms with Gasteiger partial charge in [0.2, 0.25) is 0 Å². The number of amides is 1. The highest BCUT2D eigenvalue weighted by molar-refractivity contribution is 9.10. The van der Waals surface area contributed by atoms with Gasteiger partial charge < -0.3 is 14.2 Å². The fourth-order valence-corrected chi connectivity index (χ4v) is 3.61. The maximum atomic E-state index is 12.3. The molecule has 0 saturated heterocycles. The number of benzene rings is 3. The van der Waals surface area contributed by atoms with Crippen LogP contribution in [0, 0.1) is 0 Å². The lowest BCUT2D eigenvalue weighted by atomic mass is 10.2. The Hall–Kier alpha value is -2.74. The summed E-state index contributed by atoms with van der Waals surface area (Å²) >= 11 is 16.1. The summed E-state index contributed by atoms with van der Waals surface area (Å²) in [5, 5.41) is 4.64. The average Bonchev–Trinajstić information content (AvgIpc) is 2.79. The van der Waals surface area contributed by atoms with Crippen molar-refractivity contribution >= 4 is 51.3 Å². The molecule has 166 valence electrons. The Morgan fingerprint density at radius 3 is 2.28 bits per heavy atom. The molecule has 1 N–H and O–H groups in total. The first-order valence-corrected chi connectivity index (χ1v) is 10.9. The third-order valence-corrected chi connectivity index (χ3v) is 5.43. The zero-order valence-corrected chi connectivity index (χ0v) is 20.3. The molecule has 6 nitrogen and oxygen atoms in total. The minimum Gasteiger partial charge on any atom is -0.493 e. The maximum Gasteiger partial charge on any atom is 0.271 e. The van der Waals surface area contributed by atoms with Gasteiger partial charge in [0, 0.05) is 10.0 Å². The van der Waals surface area contributed by atoms with Crippen LogP contribution in [-0.4, -0.2) is 26.3 Å². The van der Waals surface area contributed by atoms with E-state index in [1.54, 1.807) is 30.3 Å². The summed E-state index contributed by atoms with van der Waals surface area (Å²) in [6, 6.07) is 15.8. The van der Waals surface area contributed by atoms with Crippen LogP contribution in [0.25, 0.3) is 0 Å². The minimum atomic E-state index is -0.408. The number of ether oxygens (including phenoxy) is 3. The van der Waals surface area contributed by atoms with Crippen LogP contribution < -0.4 is 19.6 Å². The van der Waals surface area contributed by atoms with E-state index in [2.05, 4.69) is 26.5 Å². The standard InChI is InChI=1S/C23H19BrCl2N2O4/c1-30-20-8-5-16(11-21(20)31-2)23(29)28-27-12-15-9-18(25)22(19(26)10-15)32-13-14-3-6-17(24)7-4-14/h3-12H,13H2,1-2H3,(H,28,29)/b27-12+. The number of carbonyl (C=O) groups excluding carboxylic acids is 1. The molecule has 32 heavy (non-hydrogen) atoms. The molecule has 9 heteroatoms. The van der Waals surface area contributed by atoms with Gasteiger partial charge in [-0.05, 0) is 53.6 Å². The summed E-state index contributed by atoms with van der Waals surface area (Å²) in [7, 11) is 3.02. The quantitative estimate of drug-likeness (QED) is 0.278. The first-order chi connectivity index (χ1) is 15.4. The van der Waals surface area contributed by atoms with Gasteiger partial charge in [0.1, 0.15) is 6.61 Å². The average molecular weight is 538 g/mol. The Bertz CT molecular complexity index is 1110. The monoisotopic (exact) mass is 536 g/mol. The van der Waals surface area contributed by atoms with E-state index in [0.717, 1.165) is 10.0 Å². The van der Waals surface area contributed by atoms with E-state index in [-0.39, 0.29) is 0 Å². The van der Waals surface area contributed by atoms with Crippen molar-refractivity contribution in [1.29, 1.82) is 0 Å². The van der Waals surface area contributed by atoms with Crippen LogP contribution in [0.3, 0.4) is 0 Å². The van der Waals surface area contributed by atoms with Gasteiger partial charge in [0.05, 0.1) is 30.5 Å². The first-order valence-electron chi connectivity index (χ1n) is 9.33. The summed E-state index contributed by atoms with van der Waals surface area (Å²) < 4.78 is 17.1. The van der Waals surface area contributed by atoms with Crippen LogP contribution in [0.5, 0.6) is 17.2 Å². The molecule has 0 unspecified atom stereocenters. The summed E-state index contributed by atoms with van der Waals surface area (Å²) in [4.78, 5) is 12.3. The van der Waals surface area contributed by atoms with Crippen molar-refractivity contribution < 1.29 is 19.0 Å². The zero-order valence-electron chi connectivity index (χ0n) is 17.2. The van der Waals surface area contributed by atoms with Gasteiger partial charge in [-0.15, -0.1) is 0 Å². The maximum absolute atomic E-state index is 12.3. The molecule has 0 saturated carbocycles. The molecular weight excluding hydrogens is 519 g/mol. The van der Waals surface area contributed by atoms with E-state index >= 15 is 0 Å². The van der Waals surface area contributed by atoms with Crippen LogP contribution in [-0.2, 0) is 6.61 Å². The predicted octanol–water partition coefficient (Wildman–Crippen LogP) is 6.12. The Morgan fingerprint density at radius 2 is 1.66 bits per heavy atom. The fourth-order valence-electron chi connectivity index (χ4n) is 2.74. The van der Waals surface area contributed by atoms with Crippen molar-refractivity contribution in [3.63, 3.8) is 0 Å². The van der Waals surface area contributed by atoms with Crippen LogP contribution in [0.15, 0.2) is 64.2 Å². The lowest BCUT2D eigenvalue weighted by Gasteiger charge is -2.11. The van der Waals surface area contributed by atoms with Crippen LogP contribution in [0.1, 0.15) is 21.5 Å². The second-order valence-corrected chi connectivity index (χ2v) is 8.23. The fraction of sp³-hybridized carbons (Fsp3) is 0.130. The molecule has 0 fully saturated rings. The second-order valence-electron chi connectivity index (χ2n) is 6.50.